The number of fused-ring (bicyclic) bond motifs is 1. The van der Waals surface area contributed by atoms with Crippen LogP contribution in [0.2, 0.25) is 0 Å². The number of nitrogens with one attached hydrogen (secondary N) is 1. The highest BCUT2D eigenvalue weighted by molar-refractivity contribution is 6.00. The molecule has 1 aliphatic rings. The van der Waals surface area contributed by atoms with Crippen LogP contribution in [0, 0.1) is 6.92 Å². The molecule has 4 nitrogen and oxygen atoms in total. The first-order valence-electron chi connectivity index (χ1n) is 7.86. The summed E-state index contributed by atoms with van der Waals surface area (Å²) in [6.07, 6.45) is -1.01. The molecule has 2 N–H and O–H groups in total. The van der Waals surface area contributed by atoms with Crippen LogP contribution >= 0.6 is 0 Å². The van der Waals surface area contributed by atoms with Crippen LogP contribution < -0.4 is 10.1 Å². The molecular formula is C19H21NO3. The van der Waals surface area contributed by atoms with Gasteiger partial charge in [-0.2, -0.15) is 0 Å². The van der Waals surface area contributed by atoms with Crippen LogP contribution in [0.25, 0.3) is 0 Å². The third-order valence-corrected chi connectivity index (χ3v) is 4.05. The Labute approximate surface area is 136 Å². The highest BCUT2D eigenvalue weighted by Gasteiger charge is 2.31. The van der Waals surface area contributed by atoms with Gasteiger partial charge in [0.15, 0.2) is 5.78 Å². The fourth-order valence-corrected chi connectivity index (χ4v) is 2.77. The fraction of sp³-hybridized carbons (Fsp3) is 0.316. The predicted octanol–water partition coefficient (Wildman–Crippen LogP) is 2.48. The Morgan fingerprint density at radius 1 is 1.26 bits per heavy atom. The van der Waals surface area contributed by atoms with Gasteiger partial charge in [0.1, 0.15) is 18.0 Å². The highest BCUT2D eigenvalue weighted by atomic mass is 16.5. The van der Waals surface area contributed by atoms with E-state index in [1.807, 2.05) is 49.4 Å². The molecule has 2 atom stereocenters. The molecule has 120 valence electrons. The predicted molar refractivity (Wildman–Crippen MR) is 88.7 cm³/mol. The van der Waals surface area contributed by atoms with Crippen molar-refractivity contribution in [1.82, 2.24) is 5.32 Å². The van der Waals surface area contributed by atoms with E-state index in [4.69, 9.17) is 4.74 Å². The van der Waals surface area contributed by atoms with Gasteiger partial charge in [-0.05, 0) is 24.6 Å². The summed E-state index contributed by atoms with van der Waals surface area (Å²) in [6.45, 7) is 3.00. The fourth-order valence-electron chi connectivity index (χ4n) is 2.77. The lowest BCUT2D eigenvalue weighted by atomic mass is 9.96. The van der Waals surface area contributed by atoms with E-state index in [0.717, 1.165) is 11.1 Å². The molecule has 1 aliphatic heterocycles. The molecule has 3 rings (SSSR count). The number of carbonyl (C=O) groups is 1. The molecule has 0 radical (unpaired) electrons. The average molecular weight is 311 g/mol. The first kappa shape index (κ1) is 15.7. The molecule has 2 aromatic carbocycles. The molecule has 1 heterocycles. The summed E-state index contributed by atoms with van der Waals surface area (Å²) in [7, 11) is 0. The number of aryl methyl sites for hydroxylation is 1. The van der Waals surface area contributed by atoms with Gasteiger partial charge >= 0.3 is 0 Å². The van der Waals surface area contributed by atoms with Gasteiger partial charge in [0.05, 0.1) is 12.0 Å². The zero-order valence-corrected chi connectivity index (χ0v) is 13.2. The third kappa shape index (κ3) is 3.78. The number of hydrogen-bond donors (Lipinski definition) is 2. The molecule has 4 heteroatoms. The SMILES string of the molecule is Cc1ccc2c(c1)C(=O)CC([C@H](O)CNCc1ccccc1)O2. The van der Waals surface area contributed by atoms with Gasteiger partial charge in [-0.1, -0.05) is 42.0 Å². The lowest BCUT2D eigenvalue weighted by Crippen LogP contribution is -2.42. The molecule has 0 spiro atoms. The van der Waals surface area contributed by atoms with Crippen LogP contribution in [0.1, 0.15) is 27.9 Å². The number of hydrogen-bond acceptors (Lipinski definition) is 4. The smallest absolute Gasteiger partial charge is 0.170 e. The van der Waals surface area contributed by atoms with E-state index in [9.17, 15) is 9.90 Å². The van der Waals surface area contributed by atoms with Crippen molar-refractivity contribution < 1.29 is 14.6 Å². The van der Waals surface area contributed by atoms with Gasteiger partial charge in [0.2, 0.25) is 0 Å². The molecule has 0 fully saturated rings. The van der Waals surface area contributed by atoms with Crippen molar-refractivity contribution in [2.24, 2.45) is 0 Å². The first-order chi connectivity index (χ1) is 11.1. The van der Waals surface area contributed by atoms with Crippen LogP contribution in [0.15, 0.2) is 48.5 Å². The minimum atomic E-state index is -0.725. The molecular weight excluding hydrogens is 290 g/mol. The van der Waals surface area contributed by atoms with Crippen molar-refractivity contribution in [3.8, 4) is 5.75 Å². The summed E-state index contributed by atoms with van der Waals surface area (Å²) in [5, 5.41) is 13.5. The van der Waals surface area contributed by atoms with E-state index in [1.54, 1.807) is 6.07 Å². The van der Waals surface area contributed by atoms with Crippen molar-refractivity contribution in [2.45, 2.75) is 32.1 Å². The summed E-state index contributed by atoms with van der Waals surface area (Å²) in [5.74, 6) is 0.598. The minimum Gasteiger partial charge on any atom is -0.486 e. The molecule has 23 heavy (non-hydrogen) atoms. The number of ether oxygens (including phenoxy) is 1. The van der Waals surface area contributed by atoms with Gasteiger partial charge in [-0.15, -0.1) is 0 Å². The second-order valence-electron chi connectivity index (χ2n) is 5.97. The van der Waals surface area contributed by atoms with Gasteiger partial charge in [-0.25, -0.2) is 0 Å². The summed E-state index contributed by atoms with van der Waals surface area (Å²) in [6, 6.07) is 15.5. The Bertz CT molecular complexity index is 684. The van der Waals surface area contributed by atoms with Crippen molar-refractivity contribution in [3.63, 3.8) is 0 Å². The Morgan fingerprint density at radius 2 is 2.04 bits per heavy atom. The van der Waals surface area contributed by atoms with Crippen LogP contribution in [-0.2, 0) is 6.54 Å². The lowest BCUT2D eigenvalue weighted by molar-refractivity contribution is 0.0241. The molecule has 2 aromatic rings. The number of aliphatic hydroxyl groups is 1. The van der Waals surface area contributed by atoms with E-state index >= 15 is 0 Å². The van der Waals surface area contributed by atoms with Crippen molar-refractivity contribution in [2.75, 3.05) is 6.54 Å². The molecule has 0 aromatic heterocycles. The highest BCUT2D eigenvalue weighted by Crippen LogP contribution is 2.29. The molecule has 0 saturated carbocycles. The maximum Gasteiger partial charge on any atom is 0.170 e. The molecule has 0 amide bonds. The summed E-state index contributed by atoms with van der Waals surface area (Å²) in [4.78, 5) is 12.2. The zero-order chi connectivity index (χ0) is 16.2. The first-order valence-corrected chi connectivity index (χ1v) is 7.86. The van der Waals surface area contributed by atoms with Gasteiger partial charge < -0.3 is 15.2 Å². The van der Waals surface area contributed by atoms with Crippen LogP contribution in [0.3, 0.4) is 0 Å². The number of carbonyl (C=O) groups excluding carboxylic acids is 1. The van der Waals surface area contributed by atoms with Crippen molar-refractivity contribution in [1.29, 1.82) is 0 Å². The Kier molecular flexibility index (Phi) is 4.74. The summed E-state index contributed by atoms with van der Waals surface area (Å²) in [5.41, 5.74) is 2.80. The minimum absolute atomic E-state index is 0.0297. The zero-order valence-electron chi connectivity index (χ0n) is 13.2. The largest absolute Gasteiger partial charge is 0.486 e. The standard InChI is InChI=1S/C19H21NO3/c1-13-7-8-18-15(9-13)16(21)10-19(23-18)17(22)12-20-11-14-5-3-2-4-6-14/h2-9,17,19-20,22H,10-12H2,1H3/t17-,19?/m1/s1. The number of rotatable bonds is 5. The van der Waals surface area contributed by atoms with E-state index in [2.05, 4.69) is 5.32 Å². The van der Waals surface area contributed by atoms with E-state index < -0.39 is 12.2 Å². The van der Waals surface area contributed by atoms with E-state index in [0.29, 0.717) is 24.4 Å². The number of benzene rings is 2. The number of Topliss-reactive ketones (excluding diaryl/α,β-unsaturated/α-hetero) is 1. The molecule has 0 bridgehead atoms. The average Bonchev–Trinajstić information content (AvgIpc) is 2.56. The van der Waals surface area contributed by atoms with Crippen molar-refractivity contribution in [3.05, 3.63) is 65.2 Å². The molecule has 0 saturated heterocycles. The van der Waals surface area contributed by atoms with Crippen LogP contribution in [-0.4, -0.2) is 29.6 Å². The topological polar surface area (TPSA) is 58.6 Å². The number of ketones is 1. The Morgan fingerprint density at radius 3 is 2.83 bits per heavy atom. The maximum absolute atomic E-state index is 12.2. The second kappa shape index (κ2) is 6.94. The Balaban J connectivity index is 1.57. The second-order valence-corrected chi connectivity index (χ2v) is 5.97. The maximum atomic E-state index is 12.2. The lowest BCUT2D eigenvalue weighted by Gasteiger charge is -2.29. The van der Waals surface area contributed by atoms with Crippen molar-refractivity contribution >= 4 is 5.78 Å². The van der Waals surface area contributed by atoms with Gasteiger partial charge in [0, 0.05) is 13.1 Å². The van der Waals surface area contributed by atoms with E-state index in [1.165, 1.54) is 0 Å². The number of aliphatic hydroxyl groups excluding tert-OH is 1. The quantitative estimate of drug-likeness (QED) is 0.890. The van der Waals surface area contributed by atoms with Crippen LogP contribution in [0.5, 0.6) is 5.75 Å². The summed E-state index contributed by atoms with van der Waals surface area (Å²) < 4.78 is 5.81. The normalized spacial score (nSPS) is 18.2. The Hall–Kier alpha value is -2.17. The van der Waals surface area contributed by atoms with Crippen LogP contribution in [0.4, 0.5) is 0 Å². The van der Waals surface area contributed by atoms with Gasteiger partial charge in [0.25, 0.3) is 0 Å². The summed E-state index contributed by atoms with van der Waals surface area (Å²) >= 11 is 0. The monoisotopic (exact) mass is 311 g/mol. The van der Waals surface area contributed by atoms with Gasteiger partial charge in [-0.3, -0.25) is 4.79 Å². The third-order valence-electron chi connectivity index (χ3n) is 4.05. The molecule has 1 unspecified atom stereocenters. The van der Waals surface area contributed by atoms with E-state index in [-0.39, 0.29) is 12.2 Å². The molecule has 0 aliphatic carbocycles.